The molecule has 2 N–H and O–H groups in total. The van der Waals surface area contributed by atoms with Crippen LogP contribution in [0.1, 0.15) is 21.0 Å². The lowest BCUT2D eigenvalue weighted by molar-refractivity contribution is 0.0990. The van der Waals surface area contributed by atoms with Gasteiger partial charge in [-0.2, -0.15) is 4.98 Å². The number of carbonyl (C=O) groups excluding carboxylic acids is 2. The van der Waals surface area contributed by atoms with Gasteiger partial charge in [0.25, 0.3) is 11.8 Å². The molecule has 0 aliphatic heterocycles. The fourth-order valence-corrected chi connectivity index (χ4v) is 2.16. The summed E-state index contributed by atoms with van der Waals surface area (Å²) in [6.07, 6.45) is 2.53. The quantitative estimate of drug-likeness (QED) is 0.726. The SMILES string of the molecule is O=C(Nc1cccc(Br)c1)c1coc(NC(=O)c2ccco2)n1. The number of furan rings is 1. The van der Waals surface area contributed by atoms with Crippen molar-refractivity contribution in [3.8, 4) is 0 Å². The Morgan fingerprint density at radius 2 is 1.91 bits per heavy atom. The minimum atomic E-state index is -0.518. The Bertz CT molecular complexity index is 842. The zero-order valence-electron chi connectivity index (χ0n) is 11.6. The van der Waals surface area contributed by atoms with Crippen LogP contribution in [0.3, 0.4) is 0 Å². The fraction of sp³-hybridized carbons (Fsp3) is 0. The lowest BCUT2D eigenvalue weighted by Crippen LogP contribution is -2.14. The monoisotopic (exact) mass is 375 g/mol. The number of hydrogen-bond acceptors (Lipinski definition) is 5. The summed E-state index contributed by atoms with van der Waals surface area (Å²) in [4.78, 5) is 27.8. The third-order valence-corrected chi connectivity index (χ3v) is 3.28. The number of anilines is 2. The van der Waals surface area contributed by atoms with E-state index in [-0.39, 0.29) is 17.5 Å². The van der Waals surface area contributed by atoms with E-state index in [4.69, 9.17) is 8.83 Å². The third-order valence-electron chi connectivity index (χ3n) is 2.78. The van der Waals surface area contributed by atoms with Crippen LogP contribution in [0, 0.1) is 0 Å². The highest BCUT2D eigenvalue weighted by molar-refractivity contribution is 9.10. The van der Waals surface area contributed by atoms with Gasteiger partial charge in [0.1, 0.15) is 6.26 Å². The van der Waals surface area contributed by atoms with Crippen molar-refractivity contribution in [1.82, 2.24) is 4.98 Å². The van der Waals surface area contributed by atoms with Gasteiger partial charge in [-0.25, -0.2) is 0 Å². The summed E-state index contributed by atoms with van der Waals surface area (Å²) in [7, 11) is 0. The van der Waals surface area contributed by atoms with E-state index in [9.17, 15) is 9.59 Å². The largest absolute Gasteiger partial charge is 0.459 e. The lowest BCUT2D eigenvalue weighted by Gasteiger charge is -2.02. The molecule has 0 atom stereocenters. The Hall–Kier alpha value is -2.87. The van der Waals surface area contributed by atoms with Crippen molar-refractivity contribution in [1.29, 1.82) is 0 Å². The van der Waals surface area contributed by atoms with Crippen LogP contribution < -0.4 is 10.6 Å². The van der Waals surface area contributed by atoms with Crippen molar-refractivity contribution in [2.75, 3.05) is 10.6 Å². The van der Waals surface area contributed by atoms with Gasteiger partial charge >= 0.3 is 6.01 Å². The summed E-state index contributed by atoms with van der Waals surface area (Å²) in [5.41, 5.74) is 0.647. The molecule has 1 aromatic carbocycles. The van der Waals surface area contributed by atoms with Crippen LogP contribution in [0.15, 0.2) is 62.2 Å². The molecular weight excluding hydrogens is 366 g/mol. The smallest absolute Gasteiger partial charge is 0.302 e. The minimum absolute atomic E-state index is 0.0414. The highest BCUT2D eigenvalue weighted by Crippen LogP contribution is 2.17. The predicted molar refractivity (Wildman–Crippen MR) is 85.3 cm³/mol. The van der Waals surface area contributed by atoms with Crippen LogP contribution in [0.25, 0.3) is 0 Å². The minimum Gasteiger partial charge on any atom is -0.459 e. The van der Waals surface area contributed by atoms with Crippen LogP contribution in [0.5, 0.6) is 0 Å². The number of amides is 2. The number of nitrogens with zero attached hydrogens (tertiary/aromatic N) is 1. The number of hydrogen-bond donors (Lipinski definition) is 2. The van der Waals surface area contributed by atoms with Crippen molar-refractivity contribution >= 4 is 39.4 Å². The van der Waals surface area contributed by atoms with Crippen LogP contribution in [0.2, 0.25) is 0 Å². The van der Waals surface area contributed by atoms with E-state index in [0.717, 1.165) is 10.7 Å². The molecule has 116 valence electrons. The number of carbonyl (C=O) groups is 2. The Balaban J connectivity index is 1.66. The van der Waals surface area contributed by atoms with Crippen molar-refractivity contribution in [3.63, 3.8) is 0 Å². The van der Waals surface area contributed by atoms with Crippen LogP contribution in [-0.2, 0) is 0 Å². The molecule has 0 spiro atoms. The zero-order valence-corrected chi connectivity index (χ0v) is 13.2. The Morgan fingerprint density at radius 1 is 1.04 bits per heavy atom. The molecule has 0 bridgehead atoms. The molecule has 2 aromatic heterocycles. The molecule has 2 heterocycles. The molecular formula is C15H10BrN3O4. The number of aromatic nitrogens is 1. The summed E-state index contributed by atoms with van der Waals surface area (Å²) in [5.74, 6) is -0.857. The standard InChI is InChI=1S/C15H10BrN3O4/c16-9-3-1-4-10(7-9)17-13(20)11-8-23-15(18-11)19-14(21)12-5-2-6-22-12/h1-8H,(H,17,20)(H,18,19,21). The van der Waals surface area contributed by atoms with E-state index in [0.29, 0.717) is 5.69 Å². The first-order chi connectivity index (χ1) is 11.1. The zero-order chi connectivity index (χ0) is 16.2. The Morgan fingerprint density at radius 3 is 2.65 bits per heavy atom. The summed E-state index contributed by atoms with van der Waals surface area (Å²) >= 11 is 3.32. The number of oxazole rings is 1. The van der Waals surface area contributed by atoms with Gasteiger partial charge in [-0.3, -0.25) is 14.9 Å². The van der Waals surface area contributed by atoms with Gasteiger partial charge < -0.3 is 14.2 Å². The van der Waals surface area contributed by atoms with Gasteiger partial charge in [0.2, 0.25) is 0 Å². The van der Waals surface area contributed by atoms with Crippen molar-refractivity contribution in [2.24, 2.45) is 0 Å². The molecule has 0 fully saturated rings. The number of nitrogens with one attached hydrogen (secondary N) is 2. The molecule has 23 heavy (non-hydrogen) atoms. The normalized spacial score (nSPS) is 10.3. The first kappa shape index (κ1) is 15.0. The lowest BCUT2D eigenvalue weighted by atomic mass is 10.3. The maximum Gasteiger partial charge on any atom is 0.302 e. The summed E-state index contributed by atoms with van der Waals surface area (Å²) in [6, 6.07) is 10.1. The van der Waals surface area contributed by atoms with Crippen molar-refractivity contribution in [3.05, 3.63) is 64.9 Å². The second-order valence-corrected chi connectivity index (χ2v) is 5.35. The average Bonchev–Trinajstić information content (AvgIpc) is 3.18. The average molecular weight is 376 g/mol. The topological polar surface area (TPSA) is 97.4 Å². The van der Waals surface area contributed by atoms with Crippen molar-refractivity contribution < 1.29 is 18.4 Å². The molecule has 0 saturated carbocycles. The molecule has 0 radical (unpaired) electrons. The van der Waals surface area contributed by atoms with Crippen LogP contribution in [-0.4, -0.2) is 16.8 Å². The second kappa shape index (κ2) is 6.49. The summed E-state index contributed by atoms with van der Waals surface area (Å²) in [6.45, 7) is 0. The molecule has 0 unspecified atom stereocenters. The van der Waals surface area contributed by atoms with E-state index < -0.39 is 11.8 Å². The van der Waals surface area contributed by atoms with Gasteiger partial charge in [-0.05, 0) is 30.3 Å². The number of halogens is 1. The molecule has 0 aliphatic carbocycles. The fourth-order valence-electron chi connectivity index (χ4n) is 1.76. The second-order valence-electron chi connectivity index (χ2n) is 4.43. The molecule has 0 saturated heterocycles. The first-order valence-corrected chi connectivity index (χ1v) is 7.28. The van der Waals surface area contributed by atoms with Gasteiger partial charge in [-0.15, -0.1) is 0 Å². The van der Waals surface area contributed by atoms with Gasteiger partial charge in [0, 0.05) is 10.2 Å². The number of benzene rings is 1. The highest BCUT2D eigenvalue weighted by atomic mass is 79.9. The summed E-state index contributed by atoms with van der Waals surface area (Å²) < 4.78 is 10.8. The third kappa shape index (κ3) is 3.67. The van der Waals surface area contributed by atoms with Gasteiger partial charge in [0.05, 0.1) is 6.26 Å². The molecule has 0 aliphatic rings. The van der Waals surface area contributed by atoms with E-state index in [1.54, 1.807) is 24.3 Å². The van der Waals surface area contributed by atoms with Crippen molar-refractivity contribution in [2.45, 2.75) is 0 Å². The highest BCUT2D eigenvalue weighted by Gasteiger charge is 2.16. The number of rotatable bonds is 4. The van der Waals surface area contributed by atoms with Crippen LogP contribution >= 0.6 is 15.9 Å². The van der Waals surface area contributed by atoms with Gasteiger partial charge in [0.15, 0.2) is 11.5 Å². The molecule has 2 amide bonds. The molecule has 3 aromatic rings. The molecule has 7 nitrogen and oxygen atoms in total. The predicted octanol–water partition coefficient (Wildman–Crippen LogP) is 3.53. The van der Waals surface area contributed by atoms with E-state index in [2.05, 4.69) is 31.5 Å². The maximum absolute atomic E-state index is 12.1. The first-order valence-electron chi connectivity index (χ1n) is 6.49. The van der Waals surface area contributed by atoms with Crippen LogP contribution in [0.4, 0.5) is 11.7 Å². The van der Waals surface area contributed by atoms with E-state index >= 15 is 0 Å². The van der Waals surface area contributed by atoms with E-state index in [1.807, 2.05) is 6.07 Å². The molecule has 8 heteroatoms. The Labute approximate surface area is 138 Å². The van der Waals surface area contributed by atoms with Gasteiger partial charge in [-0.1, -0.05) is 22.0 Å². The summed E-state index contributed by atoms with van der Waals surface area (Å²) in [5, 5.41) is 5.07. The maximum atomic E-state index is 12.1. The van der Waals surface area contributed by atoms with E-state index in [1.165, 1.54) is 12.3 Å². The Kier molecular flexibility index (Phi) is 4.24. The molecule has 3 rings (SSSR count).